The van der Waals surface area contributed by atoms with Crippen LogP contribution in [-0.4, -0.2) is 97.8 Å². The van der Waals surface area contributed by atoms with E-state index >= 15 is 0 Å². The van der Waals surface area contributed by atoms with Gasteiger partial charge in [-0.15, -0.1) is 0 Å². The van der Waals surface area contributed by atoms with Gasteiger partial charge in [0, 0.05) is 21.1 Å². The Morgan fingerprint density at radius 2 is 0.850 bits per heavy atom. The third-order valence-corrected chi connectivity index (χ3v) is 18.1. The summed E-state index contributed by atoms with van der Waals surface area (Å²) in [4.78, 5) is 0. The maximum Gasteiger partial charge on any atom is 0.348 e. The molecule has 3 aromatic rings. The van der Waals surface area contributed by atoms with Crippen LogP contribution in [0.5, 0.6) is 17.2 Å². The topological polar surface area (TPSA) is 146 Å². The van der Waals surface area contributed by atoms with Gasteiger partial charge in [-0.25, -0.2) is 9.56 Å². The molecule has 0 N–H and O–H groups in total. The molecule has 0 amide bonds. The van der Waals surface area contributed by atoms with Crippen LogP contribution < -0.4 is 13.8 Å². The molecule has 0 aliphatic carbocycles. The minimum atomic E-state index is -4.08. The quantitative estimate of drug-likeness (QED) is 0.0451. The zero-order chi connectivity index (χ0) is 44.6. The third-order valence-electron chi connectivity index (χ3n) is 7.57. The van der Waals surface area contributed by atoms with Gasteiger partial charge in [-0.3, -0.25) is 14.1 Å². The van der Waals surface area contributed by atoms with Gasteiger partial charge in [-0.05, 0) is 168 Å². The van der Waals surface area contributed by atoms with Crippen LogP contribution in [0.15, 0.2) is 88.1 Å². The Balaban J connectivity index is 1.61. The van der Waals surface area contributed by atoms with Crippen molar-refractivity contribution in [3.05, 3.63) is 89.5 Å². The summed E-state index contributed by atoms with van der Waals surface area (Å²) in [5.74, 6) is 1.98. The van der Waals surface area contributed by atoms with Crippen LogP contribution >= 0.6 is 29.3 Å². The lowest BCUT2D eigenvalue weighted by Gasteiger charge is -2.36. The van der Waals surface area contributed by atoms with Crippen molar-refractivity contribution in [3.8, 4) is 17.2 Å². The Bertz CT molecular complexity index is 1960. The molecule has 21 heteroatoms. The van der Waals surface area contributed by atoms with Crippen molar-refractivity contribution in [1.82, 2.24) is 14.6 Å². The fourth-order valence-corrected chi connectivity index (χ4v) is 13.0. The van der Waals surface area contributed by atoms with Crippen molar-refractivity contribution in [2.45, 2.75) is 85.2 Å². The lowest BCUT2D eigenvalue weighted by molar-refractivity contribution is 0.118. The summed E-state index contributed by atoms with van der Waals surface area (Å²) in [6.45, 7) is 13.8. The number of ether oxygens (including phenoxy) is 1. The summed E-state index contributed by atoms with van der Waals surface area (Å²) < 4.78 is 73.0. The van der Waals surface area contributed by atoms with Crippen molar-refractivity contribution in [2.75, 3.05) is 34.8 Å². The Hall–Kier alpha value is -2.93. The zero-order valence-electron chi connectivity index (χ0n) is 36.3. The Labute approximate surface area is 367 Å². The van der Waals surface area contributed by atoms with E-state index in [0.717, 1.165) is 22.4 Å². The molecule has 0 saturated carbocycles. The molecular weight excluding hydrogens is 884 g/mol. The fraction of sp³-hybridized carbons (Fsp3) is 0.462. The van der Waals surface area contributed by atoms with Gasteiger partial charge in [0.2, 0.25) is 14.1 Å². The largest absolute Gasteiger partial charge is 0.497 e. The van der Waals surface area contributed by atoms with Crippen molar-refractivity contribution >= 4 is 71.6 Å². The van der Waals surface area contributed by atoms with E-state index in [2.05, 4.69) is 15.3 Å². The highest BCUT2D eigenvalue weighted by atomic mass is 32.4. The molecule has 3 aromatic carbocycles. The normalized spacial score (nSPS) is 13.7. The molecule has 0 fully saturated rings. The Morgan fingerprint density at radius 3 is 1.15 bits per heavy atom. The summed E-state index contributed by atoms with van der Waals surface area (Å²) >= 11 is 11.2. The first-order valence-electron chi connectivity index (χ1n) is 19.2. The first-order valence-corrected chi connectivity index (χ1v) is 27.4. The molecule has 332 valence electrons. The van der Waals surface area contributed by atoms with Gasteiger partial charge in [0.1, 0.15) is 17.2 Å². The number of nitrogens with zero attached hydrogens (tertiary/aromatic N) is 6. The number of hydrogen-bond acceptors (Lipinski definition) is 15. The predicted octanol–water partition coefficient (Wildman–Crippen LogP) is 10.1. The molecule has 2 atom stereocenters. The SMILES string of the molecule is COc1ccc(/C=N/N(C)[PH](=S)Oc2ccc(/C=N/N(C)[PH](=S)Oc3ccc(/C=N/N(C)CC(P(=O)(OC(C)C)OC(C)C)P(=O)(OC(C)C)OC(C)C)cc3)cc2)cc1. The van der Waals surface area contributed by atoms with Crippen molar-refractivity contribution in [1.29, 1.82) is 0 Å². The van der Waals surface area contributed by atoms with Gasteiger partial charge in [0.05, 0.1) is 56.7 Å². The third kappa shape index (κ3) is 17.4. The zero-order valence-corrected chi connectivity index (χ0v) is 41.7. The number of hydrazone groups is 3. The average Bonchev–Trinajstić information content (AvgIpc) is 3.17. The number of methoxy groups -OCH3 is 1. The summed E-state index contributed by atoms with van der Waals surface area (Å²) in [5.41, 5.74) is 2.51. The second kappa shape index (κ2) is 24.6. The molecule has 0 radical (unpaired) electrons. The van der Waals surface area contributed by atoms with Crippen LogP contribution in [0, 0.1) is 0 Å². The molecule has 0 spiro atoms. The summed E-state index contributed by atoms with van der Waals surface area (Å²) in [7, 11) is -5.09. The Kier molecular flexibility index (Phi) is 21.1. The molecule has 15 nitrogen and oxygen atoms in total. The van der Waals surface area contributed by atoms with Crippen molar-refractivity contribution < 1.29 is 41.0 Å². The molecule has 0 aliphatic heterocycles. The summed E-state index contributed by atoms with van der Waals surface area (Å²) in [6, 6.07) is 22.2. The maximum absolute atomic E-state index is 14.5. The van der Waals surface area contributed by atoms with E-state index in [9.17, 15) is 9.13 Å². The summed E-state index contributed by atoms with van der Waals surface area (Å²) in [5, 5.41) is 13.7. The van der Waals surface area contributed by atoms with Crippen LogP contribution in [0.1, 0.15) is 72.1 Å². The van der Waals surface area contributed by atoms with E-state index < -0.39 is 59.2 Å². The smallest absolute Gasteiger partial charge is 0.348 e. The highest BCUT2D eigenvalue weighted by Crippen LogP contribution is 2.72. The molecule has 60 heavy (non-hydrogen) atoms. The fourth-order valence-electron chi connectivity index (χ4n) is 5.00. The lowest BCUT2D eigenvalue weighted by Crippen LogP contribution is -2.31. The van der Waals surface area contributed by atoms with E-state index in [0.29, 0.717) is 11.5 Å². The first-order chi connectivity index (χ1) is 28.2. The minimum Gasteiger partial charge on any atom is -0.497 e. The van der Waals surface area contributed by atoms with Crippen molar-refractivity contribution in [3.63, 3.8) is 0 Å². The van der Waals surface area contributed by atoms with Gasteiger partial charge in [-0.2, -0.15) is 15.3 Å². The van der Waals surface area contributed by atoms with Gasteiger partial charge in [-0.1, -0.05) is 0 Å². The van der Waals surface area contributed by atoms with Gasteiger partial charge in [0.25, 0.3) is 0 Å². The van der Waals surface area contributed by atoms with Crippen LogP contribution in [0.4, 0.5) is 0 Å². The van der Waals surface area contributed by atoms with Crippen LogP contribution in [0.25, 0.3) is 0 Å². The van der Waals surface area contributed by atoms with Gasteiger partial charge >= 0.3 is 15.2 Å². The molecule has 0 saturated heterocycles. The predicted molar refractivity (Wildman–Crippen MR) is 253 cm³/mol. The monoisotopic (exact) mass is 944 g/mol. The molecular formula is C39H60N6O9P4S2. The highest BCUT2D eigenvalue weighted by molar-refractivity contribution is 8.02. The Morgan fingerprint density at radius 1 is 0.550 bits per heavy atom. The van der Waals surface area contributed by atoms with E-state index in [-0.39, 0.29) is 6.54 Å². The number of rotatable bonds is 25. The number of benzene rings is 3. The van der Waals surface area contributed by atoms with E-state index in [4.69, 9.17) is 55.5 Å². The van der Waals surface area contributed by atoms with Crippen LogP contribution in [0.3, 0.4) is 0 Å². The molecule has 0 bridgehead atoms. The van der Waals surface area contributed by atoms with Crippen LogP contribution in [-0.2, 0) is 50.8 Å². The van der Waals surface area contributed by atoms with Gasteiger partial charge < -0.3 is 31.9 Å². The molecule has 0 heterocycles. The molecule has 3 rings (SSSR count). The molecule has 2 unspecified atom stereocenters. The summed E-state index contributed by atoms with van der Waals surface area (Å²) in [6.07, 6.45) is 3.09. The maximum atomic E-state index is 14.5. The number of hydrogen-bond donors (Lipinski definition) is 0. The standard InChI is InChI=1S/C39H60N6O9P4S2/c1-29(2)51-57(46,52-30(3)4)39(58(47,53-31(5)6)54-32(7)8)28-43(9)40-25-33-15-21-37(22-16-33)49-56(60)45(11)42-27-35-17-23-38(24-18-35)50-55(59)44(10)41-26-34-13-19-36(48-12)20-14-34/h13-27,29-32,39,55-56H,28H2,1-12H3/b40-25+,41-26+,42-27+. The average molecular weight is 945 g/mol. The molecule has 0 aliphatic rings. The van der Waals surface area contributed by atoms with E-state index in [1.807, 2.05) is 60.7 Å². The second-order valence-corrected chi connectivity index (χ2v) is 24.0. The van der Waals surface area contributed by atoms with E-state index in [1.165, 1.54) is 5.01 Å². The minimum absolute atomic E-state index is 0.104. The van der Waals surface area contributed by atoms with Crippen LogP contribution in [0.2, 0.25) is 0 Å². The van der Waals surface area contributed by atoms with Crippen molar-refractivity contribution in [2.24, 2.45) is 15.3 Å². The highest BCUT2D eigenvalue weighted by Gasteiger charge is 2.53. The molecule has 0 aromatic heterocycles. The second-order valence-electron chi connectivity index (χ2n) is 14.4. The lowest BCUT2D eigenvalue weighted by atomic mass is 10.2. The first kappa shape index (κ1) is 51.4. The van der Waals surface area contributed by atoms with E-state index in [1.54, 1.807) is 124 Å². The van der Waals surface area contributed by atoms with Gasteiger partial charge in [0.15, 0.2) is 5.40 Å².